The van der Waals surface area contributed by atoms with E-state index in [0.29, 0.717) is 30.2 Å². The summed E-state index contributed by atoms with van der Waals surface area (Å²) in [6, 6.07) is 13.0. The maximum atomic E-state index is 12.5. The van der Waals surface area contributed by atoms with Gasteiger partial charge in [-0.1, -0.05) is 12.1 Å². The summed E-state index contributed by atoms with van der Waals surface area (Å²) in [6.07, 6.45) is 0. The summed E-state index contributed by atoms with van der Waals surface area (Å²) in [4.78, 5) is 14.2. The number of benzene rings is 2. The first-order valence-corrected chi connectivity index (χ1v) is 7.71. The number of nitrogens with zero attached hydrogens (tertiary/aromatic N) is 1. The highest BCUT2D eigenvalue weighted by Gasteiger charge is 2.14. The van der Waals surface area contributed by atoms with Crippen LogP contribution in [0.5, 0.6) is 17.2 Å². The van der Waals surface area contributed by atoms with Gasteiger partial charge in [-0.3, -0.25) is 4.79 Å². The quantitative estimate of drug-likeness (QED) is 0.783. The number of amides is 1. The molecule has 0 aliphatic rings. The molecule has 0 bridgehead atoms. The molecule has 0 aliphatic carbocycles. The molecule has 2 rings (SSSR count). The molecule has 0 aromatic heterocycles. The number of carbonyl (C=O) groups excluding carboxylic acids is 1. The fraction of sp³-hybridized carbons (Fsp3) is 0.316. The van der Waals surface area contributed by atoms with Crippen molar-refractivity contribution in [3.05, 3.63) is 53.6 Å². The monoisotopic (exact) mass is 329 g/mol. The molecule has 0 fully saturated rings. The van der Waals surface area contributed by atoms with Crippen molar-refractivity contribution in [2.24, 2.45) is 0 Å². The summed E-state index contributed by atoms with van der Waals surface area (Å²) in [5.41, 5.74) is 1.66. The predicted molar refractivity (Wildman–Crippen MR) is 93.2 cm³/mol. The normalized spacial score (nSPS) is 10.2. The zero-order valence-electron chi connectivity index (χ0n) is 14.5. The summed E-state index contributed by atoms with van der Waals surface area (Å²) < 4.78 is 16.1. The minimum absolute atomic E-state index is 0.111. The minimum atomic E-state index is -0.111. The van der Waals surface area contributed by atoms with Crippen LogP contribution in [0.25, 0.3) is 0 Å². The molecule has 0 spiro atoms. The largest absolute Gasteiger partial charge is 0.497 e. The Morgan fingerprint density at radius 3 is 2.25 bits per heavy atom. The molecule has 0 unspecified atom stereocenters. The Labute approximate surface area is 142 Å². The first-order chi connectivity index (χ1) is 11.5. The molecule has 0 saturated heterocycles. The van der Waals surface area contributed by atoms with Crippen LogP contribution in [0.15, 0.2) is 42.5 Å². The van der Waals surface area contributed by atoms with Crippen molar-refractivity contribution in [1.82, 2.24) is 4.90 Å². The van der Waals surface area contributed by atoms with Gasteiger partial charge in [0, 0.05) is 18.7 Å². The standard InChI is InChI=1S/C19H23NO4/c1-14-6-5-7-16(10-14)24-9-8-20(2)19(21)15-11-17(22-3)13-18(12-15)23-4/h5-7,10-13H,8-9H2,1-4H3. The molecule has 0 radical (unpaired) electrons. The lowest BCUT2D eigenvalue weighted by Gasteiger charge is -2.18. The van der Waals surface area contributed by atoms with Gasteiger partial charge in [0.2, 0.25) is 0 Å². The Hall–Kier alpha value is -2.69. The van der Waals surface area contributed by atoms with Crippen LogP contribution in [0.2, 0.25) is 0 Å². The van der Waals surface area contributed by atoms with Gasteiger partial charge < -0.3 is 19.1 Å². The summed E-state index contributed by atoms with van der Waals surface area (Å²) in [5.74, 6) is 1.86. The summed E-state index contributed by atoms with van der Waals surface area (Å²) in [7, 11) is 4.86. The van der Waals surface area contributed by atoms with E-state index < -0.39 is 0 Å². The minimum Gasteiger partial charge on any atom is -0.497 e. The van der Waals surface area contributed by atoms with Crippen LogP contribution in [0.3, 0.4) is 0 Å². The third-order valence-electron chi connectivity index (χ3n) is 3.63. The maximum absolute atomic E-state index is 12.5. The Kier molecular flexibility index (Phi) is 6.07. The lowest BCUT2D eigenvalue weighted by molar-refractivity contribution is 0.0773. The van der Waals surface area contributed by atoms with Crippen LogP contribution >= 0.6 is 0 Å². The molecule has 0 atom stereocenters. The van der Waals surface area contributed by atoms with Crippen LogP contribution in [-0.2, 0) is 0 Å². The van der Waals surface area contributed by atoms with Gasteiger partial charge in [0.05, 0.1) is 20.8 Å². The third kappa shape index (κ3) is 4.65. The first kappa shape index (κ1) is 17.7. The molecule has 128 valence electrons. The maximum Gasteiger partial charge on any atom is 0.253 e. The number of methoxy groups -OCH3 is 2. The molecular formula is C19H23NO4. The number of carbonyl (C=O) groups is 1. The zero-order chi connectivity index (χ0) is 17.5. The summed E-state index contributed by atoms with van der Waals surface area (Å²) >= 11 is 0. The SMILES string of the molecule is COc1cc(OC)cc(C(=O)N(C)CCOc2cccc(C)c2)c1. The van der Waals surface area contributed by atoms with Crippen molar-refractivity contribution in [1.29, 1.82) is 0 Å². The topological polar surface area (TPSA) is 48.0 Å². The number of rotatable bonds is 7. The van der Waals surface area contributed by atoms with Crippen LogP contribution in [-0.4, -0.2) is 45.2 Å². The Morgan fingerprint density at radius 1 is 1.00 bits per heavy atom. The van der Waals surface area contributed by atoms with E-state index in [0.717, 1.165) is 11.3 Å². The molecule has 0 aliphatic heterocycles. The summed E-state index contributed by atoms with van der Waals surface area (Å²) in [5, 5.41) is 0. The van der Waals surface area contributed by atoms with E-state index in [9.17, 15) is 4.79 Å². The van der Waals surface area contributed by atoms with E-state index in [4.69, 9.17) is 14.2 Å². The molecule has 2 aromatic rings. The molecule has 1 amide bonds. The highest BCUT2D eigenvalue weighted by atomic mass is 16.5. The molecule has 0 saturated carbocycles. The number of hydrogen-bond donors (Lipinski definition) is 0. The number of aryl methyl sites for hydroxylation is 1. The van der Waals surface area contributed by atoms with Crippen molar-refractivity contribution in [2.45, 2.75) is 6.92 Å². The van der Waals surface area contributed by atoms with Gasteiger partial charge in [-0.15, -0.1) is 0 Å². The van der Waals surface area contributed by atoms with Crippen molar-refractivity contribution in [2.75, 3.05) is 34.4 Å². The van der Waals surface area contributed by atoms with E-state index >= 15 is 0 Å². The van der Waals surface area contributed by atoms with Gasteiger partial charge in [-0.05, 0) is 36.8 Å². The fourth-order valence-electron chi connectivity index (χ4n) is 2.26. The molecular weight excluding hydrogens is 306 g/mol. The average molecular weight is 329 g/mol. The van der Waals surface area contributed by atoms with E-state index in [-0.39, 0.29) is 5.91 Å². The lowest BCUT2D eigenvalue weighted by Crippen LogP contribution is -2.30. The van der Waals surface area contributed by atoms with E-state index in [1.807, 2.05) is 31.2 Å². The van der Waals surface area contributed by atoms with Crippen molar-refractivity contribution in [3.63, 3.8) is 0 Å². The Morgan fingerprint density at radius 2 is 1.67 bits per heavy atom. The van der Waals surface area contributed by atoms with Crippen LogP contribution in [0.1, 0.15) is 15.9 Å². The highest BCUT2D eigenvalue weighted by Crippen LogP contribution is 2.23. The van der Waals surface area contributed by atoms with Gasteiger partial charge in [0.1, 0.15) is 23.9 Å². The molecule has 5 heteroatoms. The van der Waals surface area contributed by atoms with Gasteiger partial charge in [-0.25, -0.2) is 0 Å². The Balaban J connectivity index is 1.96. The molecule has 0 N–H and O–H groups in total. The smallest absolute Gasteiger partial charge is 0.253 e. The van der Waals surface area contributed by atoms with Crippen LogP contribution < -0.4 is 14.2 Å². The van der Waals surface area contributed by atoms with E-state index in [1.54, 1.807) is 44.4 Å². The van der Waals surface area contributed by atoms with E-state index in [2.05, 4.69) is 0 Å². The van der Waals surface area contributed by atoms with Crippen molar-refractivity contribution >= 4 is 5.91 Å². The number of hydrogen-bond acceptors (Lipinski definition) is 4. The lowest BCUT2D eigenvalue weighted by atomic mass is 10.1. The first-order valence-electron chi connectivity index (χ1n) is 7.71. The Bertz CT molecular complexity index is 677. The number of likely N-dealkylation sites (N-methyl/N-ethyl adjacent to an activating group) is 1. The third-order valence-corrected chi connectivity index (χ3v) is 3.63. The molecule has 2 aromatic carbocycles. The van der Waals surface area contributed by atoms with Crippen LogP contribution in [0.4, 0.5) is 0 Å². The van der Waals surface area contributed by atoms with Gasteiger partial charge in [-0.2, -0.15) is 0 Å². The molecule has 0 heterocycles. The molecule has 24 heavy (non-hydrogen) atoms. The average Bonchev–Trinajstić information content (AvgIpc) is 2.60. The van der Waals surface area contributed by atoms with Gasteiger partial charge >= 0.3 is 0 Å². The second-order valence-electron chi connectivity index (χ2n) is 5.49. The fourth-order valence-corrected chi connectivity index (χ4v) is 2.26. The molecule has 5 nitrogen and oxygen atoms in total. The second-order valence-corrected chi connectivity index (χ2v) is 5.49. The van der Waals surface area contributed by atoms with Crippen molar-refractivity contribution < 1.29 is 19.0 Å². The summed E-state index contributed by atoms with van der Waals surface area (Å²) in [6.45, 7) is 2.91. The van der Waals surface area contributed by atoms with E-state index in [1.165, 1.54) is 0 Å². The highest BCUT2D eigenvalue weighted by molar-refractivity contribution is 5.95. The second kappa shape index (κ2) is 8.24. The number of ether oxygens (including phenoxy) is 3. The van der Waals surface area contributed by atoms with Gasteiger partial charge in [0.15, 0.2) is 0 Å². The zero-order valence-corrected chi connectivity index (χ0v) is 14.5. The predicted octanol–water partition coefficient (Wildman–Crippen LogP) is 3.16. The van der Waals surface area contributed by atoms with Gasteiger partial charge in [0.25, 0.3) is 5.91 Å². The van der Waals surface area contributed by atoms with Crippen molar-refractivity contribution in [3.8, 4) is 17.2 Å². The van der Waals surface area contributed by atoms with Crippen LogP contribution in [0, 0.1) is 6.92 Å².